The van der Waals surface area contributed by atoms with Gasteiger partial charge in [0.25, 0.3) is 0 Å². The number of alkyl halides is 3. The largest absolute Gasteiger partial charge is 0.410 e. The quantitative estimate of drug-likeness (QED) is 0.235. The topological polar surface area (TPSA) is 121 Å². The van der Waals surface area contributed by atoms with E-state index in [0.717, 1.165) is 49.5 Å². The number of amides is 3. The number of nitrogens with one attached hydrogen (secondary N) is 3. The van der Waals surface area contributed by atoms with Crippen molar-refractivity contribution in [3.8, 4) is 11.5 Å². The smallest absolute Gasteiger partial charge is 0.324 e. The second kappa shape index (κ2) is 12.1. The van der Waals surface area contributed by atoms with Crippen LogP contribution in [0.25, 0.3) is 11.5 Å². The van der Waals surface area contributed by atoms with Gasteiger partial charge in [-0.3, -0.25) is 14.6 Å². The fourth-order valence-corrected chi connectivity index (χ4v) is 5.87. The molecule has 2 fully saturated rings. The highest BCUT2D eigenvalue weighted by atomic mass is 19.4. The second-order valence-electron chi connectivity index (χ2n) is 10.9. The summed E-state index contributed by atoms with van der Waals surface area (Å²) in [6.45, 7) is 3.52. The number of anilines is 1. The minimum Gasteiger partial charge on any atom is -0.324 e. The van der Waals surface area contributed by atoms with Gasteiger partial charge in [0, 0.05) is 12.7 Å². The number of hydrogen-bond acceptors (Lipinski definition) is 5. The average molecular weight is 591 g/mol. The number of carbonyl (C=O) groups excluding carboxylic acids is 2. The van der Waals surface area contributed by atoms with Gasteiger partial charge < -0.3 is 15.5 Å². The van der Waals surface area contributed by atoms with Crippen LogP contribution in [0.5, 0.6) is 0 Å². The van der Waals surface area contributed by atoms with Gasteiger partial charge in [-0.25, -0.2) is 14.2 Å². The molecule has 3 amide bonds. The fraction of sp³-hybridized carbons (Fsp3) is 0.536. The summed E-state index contributed by atoms with van der Waals surface area (Å²) in [4.78, 5) is 31.6. The number of urea groups is 1. The normalized spacial score (nSPS) is 19.8. The van der Waals surface area contributed by atoms with Crippen molar-refractivity contribution < 1.29 is 27.2 Å². The lowest BCUT2D eigenvalue weighted by molar-refractivity contribution is -0.150. The van der Waals surface area contributed by atoms with Crippen LogP contribution in [0.4, 0.5) is 28.0 Å². The minimum absolute atomic E-state index is 0.0259. The molecule has 0 radical (unpaired) electrons. The van der Waals surface area contributed by atoms with Crippen LogP contribution >= 0.6 is 0 Å². The first kappa shape index (κ1) is 29.5. The number of hydrogen-bond donors (Lipinski definition) is 3. The molecule has 226 valence electrons. The third-order valence-electron chi connectivity index (χ3n) is 8.23. The van der Waals surface area contributed by atoms with E-state index in [1.54, 1.807) is 16.9 Å². The molecule has 0 bridgehead atoms. The summed E-state index contributed by atoms with van der Waals surface area (Å²) in [7, 11) is 0. The molecule has 3 aromatic rings. The number of nitrogens with zero attached hydrogens (tertiary/aromatic N) is 5. The predicted molar refractivity (Wildman–Crippen MR) is 146 cm³/mol. The van der Waals surface area contributed by atoms with Gasteiger partial charge in [-0.2, -0.15) is 23.4 Å². The Morgan fingerprint density at radius 1 is 1.17 bits per heavy atom. The monoisotopic (exact) mass is 590 g/mol. The van der Waals surface area contributed by atoms with Crippen LogP contribution in [0.3, 0.4) is 0 Å². The van der Waals surface area contributed by atoms with Crippen molar-refractivity contribution in [2.45, 2.75) is 83.1 Å². The predicted octanol–water partition coefficient (Wildman–Crippen LogP) is 5.54. The molecule has 1 aliphatic heterocycles. The Morgan fingerprint density at radius 2 is 1.90 bits per heavy atom. The number of benzene rings is 1. The van der Waals surface area contributed by atoms with Gasteiger partial charge in [0.1, 0.15) is 29.3 Å². The number of aromatic amines is 1. The zero-order chi connectivity index (χ0) is 30.0. The van der Waals surface area contributed by atoms with E-state index in [1.807, 2.05) is 12.2 Å². The van der Waals surface area contributed by atoms with E-state index in [9.17, 15) is 22.8 Å². The first-order valence-corrected chi connectivity index (χ1v) is 14.3. The summed E-state index contributed by atoms with van der Waals surface area (Å²) in [5.74, 6) is -1.11. The standard InChI is InChI=1S/C28H34F4N8O2/c1-3-40-21(12-13-33-40)24-36-25(38-37-24)23(17-8-6-4-5-7-9-17)26(41)34-20-11-10-18(14-19(20)29)16(2)39-15-22(28(30,31)32)35-27(39)42/h10-14,16-17,22-23H,3-9,15H2,1-2H3,(H,34,41)(H,35,42)(H,36,37,38)/t16-,22-,23?/m0/s1. The van der Waals surface area contributed by atoms with Crippen molar-refractivity contribution in [2.24, 2.45) is 5.92 Å². The van der Waals surface area contributed by atoms with Gasteiger partial charge in [0.05, 0.1) is 18.3 Å². The maximum atomic E-state index is 15.3. The number of H-pyrrole nitrogens is 1. The Kier molecular flexibility index (Phi) is 8.50. The van der Waals surface area contributed by atoms with Gasteiger partial charge in [-0.1, -0.05) is 31.7 Å². The number of aromatic nitrogens is 5. The average Bonchev–Trinajstić information content (AvgIpc) is 3.66. The fourth-order valence-electron chi connectivity index (χ4n) is 5.87. The molecular formula is C28H34F4N8O2. The van der Waals surface area contributed by atoms with Gasteiger partial charge in [-0.05, 0) is 56.4 Å². The number of aryl methyl sites for hydroxylation is 1. The Balaban J connectivity index is 1.36. The summed E-state index contributed by atoms with van der Waals surface area (Å²) in [5.41, 5.74) is 0.942. The Hall–Kier alpha value is -3.97. The Labute approximate surface area is 240 Å². The second-order valence-corrected chi connectivity index (χ2v) is 10.9. The van der Waals surface area contributed by atoms with Crippen molar-refractivity contribution in [3.63, 3.8) is 0 Å². The molecule has 3 heterocycles. The van der Waals surface area contributed by atoms with Crippen LogP contribution in [0.2, 0.25) is 0 Å². The molecule has 1 aromatic carbocycles. The molecule has 2 aromatic heterocycles. The summed E-state index contributed by atoms with van der Waals surface area (Å²) >= 11 is 0. The zero-order valence-electron chi connectivity index (χ0n) is 23.4. The van der Waals surface area contributed by atoms with Gasteiger partial charge in [-0.15, -0.1) is 0 Å². The van der Waals surface area contributed by atoms with Crippen molar-refractivity contribution in [2.75, 3.05) is 11.9 Å². The molecule has 1 unspecified atom stereocenters. The molecule has 0 spiro atoms. The third-order valence-corrected chi connectivity index (χ3v) is 8.23. The van der Waals surface area contributed by atoms with Gasteiger partial charge >= 0.3 is 12.2 Å². The molecule has 10 nitrogen and oxygen atoms in total. The number of carbonyl (C=O) groups is 2. The van der Waals surface area contributed by atoms with Crippen molar-refractivity contribution in [1.29, 1.82) is 0 Å². The Morgan fingerprint density at radius 3 is 2.55 bits per heavy atom. The van der Waals surface area contributed by atoms with Crippen LogP contribution in [0.15, 0.2) is 30.5 Å². The van der Waals surface area contributed by atoms with E-state index in [2.05, 4.69) is 25.6 Å². The van der Waals surface area contributed by atoms with Crippen molar-refractivity contribution in [3.05, 3.63) is 47.7 Å². The van der Waals surface area contributed by atoms with E-state index in [4.69, 9.17) is 0 Å². The SMILES string of the molecule is CCn1nccc1-c1n[nH]c(C(C(=O)Nc2ccc([C@H](C)N3C[C@@H](C(F)(F)F)NC3=O)cc2F)C2CCCCCC2)n1. The molecule has 1 saturated carbocycles. The first-order valence-electron chi connectivity index (χ1n) is 14.3. The number of halogens is 4. The third kappa shape index (κ3) is 6.12. The van der Waals surface area contributed by atoms with Crippen LogP contribution in [-0.4, -0.2) is 60.6 Å². The summed E-state index contributed by atoms with van der Waals surface area (Å²) in [5, 5.41) is 16.2. The van der Waals surface area contributed by atoms with Crippen molar-refractivity contribution >= 4 is 17.6 Å². The van der Waals surface area contributed by atoms with E-state index in [1.165, 1.54) is 19.1 Å². The molecule has 1 saturated heterocycles. The molecule has 3 N–H and O–H groups in total. The summed E-state index contributed by atoms with van der Waals surface area (Å²) in [6.07, 6.45) is 2.80. The number of rotatable bonds is 8. The highest BCUT2D eigenvalue weighted by Crippen LogP contribution is 2.36. The van der Waals surface area contributed by atoms with Gasteiger partial charge in [0.2, 0.25) is 5.91 Å². The van der Waals surface area contributed by atoms with Crippen LogP contribution < -0.4 is 10.6 Å². The lowest BCUT2D eigenvalue weighted by Crippen LogP contribution is -2.40. The zero-order valence-corrected chi connectivity index (χ0v) is 23.4. The van der Waals surface area contributed by atoms with Crippen LogP contribution in [0, 0.1) is 11.7 Å². The van der Waals surface area contributed by atoms with Crippen LogP contribution in [-0.2, 0) is 11.3 Å². The van der Waals surface area contributed by atoms with E-state index >= 15 is 4.39 Å². The van der Waals surface area contributed by atoms with E-state index in [0.29, 0.717) is 29.5 Å². The molecule has 2 aliphatic rings. The Bertz CT molecular complexity index is 1410. The van der Waals surface area contributed by atoms with Gasteiger partial charge in [0.15, 0.2) is 5.82 Å². The molecule has 3 atom stereocenters. The first-order chi connectivity index (χ1) is 20.1. The molecule has 14 heteroatoms. The highest BCUT2D eigenvalue weighted by molar-refractivity contribution is 5.95. The van der Waals surface area contributed by atoms with Crippen molar-refractivity contribution in [1.82, 2.24) is 35.2 Å². The minimum atomic E-state index is -4.58. The molecule has 42 heavy (non-hydrogen) atoms. The maximum Gasteiger partial charge on any atom is 0.410 e. The van der Waals surface area contributed by atoms with E-state index in [-0.39, 0.29) is 11.6 Å². The van der Waals surface area contributed by atoms with Crippen LogP contribution in [0.1, 0.15) is 75.7 Å². The maximum absolute atomic E-state index is 15.3. The molecule has 5 rings (SSSR count). The summed E-state index contributed by atoms with van der Waals surface area (Å²) < 4.78 is 56.4. The lowest BCUT2D eigenvalue weighted by atomic mass is 9.84. The summed E-state index contributed by atoms with van der Waals surface area (Å²) in [6, 6.07) is 2.11. The van der Waals surface area contributed by atoms with E-state index < -0.39 is 48.5 Å². The lowest BCUT2D eigenvalue weighted by Gasteiger charge is -2.25. The highest BCUT2D eigenvalue weighted by Gasteiger charge is 2.48. The molecular weight excluding hydrogens is 556 g/mol. The molecule has 1 aliphatic carbocycles.